The molecule has 0 amide bonds. The number of aromatic nitrogens is 1. The number of nitrogens with zero attached hydrogens (tertiary/aromatic N) is 1. The summed E-state index contributed by atoms with van der Waals surface area (Å²) in [5.74, 6) is -0.0810. The van der Waals surface area contributed by atoms with E-state index in [0.29, 0.717) is 5.69 Å². The summed E-state index contributed by atoms with van der Waals surface area (Å²) in [6.07, 6.45) is 1.59. The maximum absolute atomic E-state index is 11.3. The minimum absolute atomic E-state index is 0.0810. The van der Waals surface area contributed by atoms with Crippen LogP contribution in [0.1, 0.15) is 10.5 Å². The van der Waals surface area contributed by atoms with Crippen molar-refractivity contribution in [2.45, 2.75) is 3.74 Å². The third kappa shape index (κ3) is 2.64. The van der Waals surface area contributed by atoms with Crippen LogP contribution in [-0.2, 0) is 0 Å². The number of rotatable bonds is 2. The highest BCUT2D eigenvalue weighted by molar-refractivity contribution is 9.25. The third-order valence-corrected chi connectivity index (χ3v) is 2.48. The SMILES string of the molecule is O=C(c1ccc(Br)cn1)C(Br)Br. The zero-order valence-corrected chi connectivity index (χ0v) is 10.6. The monoisotopic (exact) mass is 355 g/mol. The molecule has 1 aromatic heterocycles. The molecule has 1 rings (SSSR count). The Kier molecular flexibility index (Phi) is 3.86. The lowest BCUT2D eigenvalue weighted by molar-refractivity contribution is 0.101. The molecule has 0 N–H and O–H groups in total. The summed E-state index contributed by atoms with van der Waals surface area (Å²) in [6, 6.07) is 3.45. The second-order valence-corrected chi connectivity index (χ2v) is 6.00. The molecule has 0 atom stereocenters. The number of alkyl halides is 2. The average Bonchev–Trinajstić information content (AvgIpc) is 2.04. The maximum Gasteiger partial charge on any atom is 0.205 e. The molecule has 5 heteroatoms. The molecule has 2 nitrogen and oxygen atoms in total. The van der Waals surface area contributed by atoms with Crippen molar-refractivity contribution in [3.63, 3.8) is 0 Å². The lowest BCUT2D eigenvalue weighted by Crippen LogP contribution is -2.08. The highest BCUT2D eigenvalue weighted by Gasteiger charge is 2.13. The molecule has 0 unspecified atom stereocenters. The quantitative estimate of drug-likeness (QED) is 0.601. The third-order valence-electron chi connectivity index (χ3n) is 1.18. The topological polar surface area (TPSA) is 30.0 Å². The van der Waals surface area contributed by atoms with Crippen LogP contribution >= 0.6 is 47.8 Å². The Morgan fingerprint density at radius 3 is 2.50 bits per heavy atom. The van der Waals surface area contributed by atoms with E-state index in [2.05, 4.69) is 52.8 Å². The number of carbonyl (C=O) groups is 1. The van der Waals surface area contributed by atoms with E-state index in [1.165, 1.54) is 0 Å². The molecule has 0 fully saturated rings. The van der Waals surface area contributed by atoms with Gasteiger partial charge in [0.1, 0.15) is 9.43 Å². The minimum Gasteiger partial charge on any atom is -0.290 e. The Morgan fingerprint density at radius 2 is 2.08 bits per heavy atom. The fourth-order valence-electron chi connectivity index (χ4n) is 0.633. The standard InChI is InChI=1S/C7H4Br3NO/c8-4-1-2-5(11-3-4)6(12)7(9)10/h1-3,7H. The van der Waals surface area contributed by atoms with Crippen LogP contribution in [0.2, 0.25) is 0 Å². The van der Waals surface area contributed by atoms with Crippen molar-refractivity contribution >= 4 is 53.6 Å². The van der Waals surface area contributed by atoms with Crippen LogP contribution in [0.25, 0.3) is 0 Å². The van der Waals surface area contributed by atoms with Crippen molar-refractivity contribution in [3.8, 4) is 0 Å². The van der Waals surface area contributed by atoms with Crippen molar-refractivity contribution in [1.29, 1.82) is 0 Å². The van der Waals surface area contributed by atoms with Gasteiger partial charge in [-0.15, -0.1) is 0 Å². The van der Waals surface area contributed by atoms with Gasteiger partial charge in [-0.05, 0) is 28.1 Å². The molecule has 0 radical (unpaired) electrons. The zero-order chi connectivity index (χ0) is 9.14. The predicted octanol–water partition coefficient (Wildman–Crippen LogP) is 3.14. The van der Waals surface area contributed by atoms with E-state index < -0.39 is 0 Å². The zero-order valence-electron chi connectivity index (χ0n) is 5.80. The number of pyridine rings is 1. The van der Waals surface area contributed by atoms with Crippen LogP contribution in [0.4, 0.5) is 0 Å². The number of ketones is 1. The van der Waals surface area contributed by atoms with Crippen molar-refractivity contribution in [2.24, 2.45) is 0 Å². The number of hydrogen-bond acceptors (Lipinski definition) is 2. The van der Waals surface area contributed by atoms with Crippen LogP contribution in [0.5, 0.6) is 0 Å². The van der Waals surface area contributed by atoms with Crippen LogP contribution in [0.15, 0.2) is 22.8 Å². The molecule has 0 saturated carbocycles. The summed E-state index contributed by atoms with van der Waals surface area (Å²) < 4.78 is 0.499. The van der Waals surface area contributed by atoms with Gasteiger partial charge in [-0.25, -0.2) is 0 Å². The fraction of sp³-hybridized carbons (Fsp3) is 0.143. The lowest BCUT2D eigenvalue weighted by atomic mass is 10.3. The first kappa shape index (κ1) is 10.3. The van der Waals surface area contributed by atoms with E-state index in [1.54, 1.807) is 18.3 Å². The molecule has 0 bridgehead atoms. The summed E-state index contributed by atoms with van der Waals surface area (Å²) in [4.78, 5) is 15.2. The van der Waals surface area contributed by atoms with Gasteiger partial charge in [0.05, 0.1) is 0 Å². The minimum atomic E-state index is -0.362. The molecule has 64 valence electrons. The summed E-state index contributed by atoms with van der Waals surface area (Å²) in [6.45, 7) is 0. The summed E-state index contributed by atoms with van der Waals surface area (Å²) in [5.41, 5.74) is 0.442. The number of carbonyl (C=O) groups excluding carboxylic acids is 1. The van der Waals surface area contributed by atoms with Gasteiger partial charge in [-0.1, -0.05) is 31.9 Å². The van der Waals surface area contributed by atoms with Gasteiger partial charge in [0.15, 0.2) is 0 Å². The Balaban J connectivity index is 2.90. The number of Topliss-reactive ketones (excluding diaryl/α,β-unsaturated/α-hetero) is 1. The van der Waals surface area contributed by atoms with E-state index in [4.69, 9.17) is 0 Å². The Bertz CT molecular complexity index is 283. The molecule has 0 spiro atoms. The first-order valence-corrected chi connectivity index (χ1v) is 5.67. The first-order valence-electron chi connectivity index (χ1n) is 3.05. The maximum atomic E-state index is 11.3. The van der Waals surface area contributed by atoms with Gasteiger partial charge in [0.25, 0.3) is 0 Å². The summed E-state index contributed by atoms with van der Waals surface area (Å²) in [7, 11) is 0. The van der Waals surface area contributed by atoms with E-state index in [-0.39, 0.29) is 9.52 Å². The van der Waals surface area contributed by atoms with Crippen LogP contribution < -0.4 is 0 Å². The first-order chi connectivity index (χ1) is 5.61. The van der Waals surface area contributed by atoms with Gasteiger partial charge in [0.2, 0.25) is 5.78 Å². The van der Waals surface area contributed by atoms with Gasteiger partial charge < -0.3 is 0 Å². The molecular formula is C7H4Br3NO. The van der Waals surface area contributed by atoms with Crippen molar-refractivity contribution in [3.05, 3.63) is 28.5 Å². The number of hydrogen-bond donors (Lipinski definition) is 0. The van der Waals surface area contributed by atoms with E-state index >= 15 is 0 Å². The molecule has 0 aliphatic heterocycles. The van der Waals surface area contributed by atoms with Gasteiger partial charge in [-0.3, -0.25) is 9.78 Å². The van der Waals surface area contributed by atoms with E-state index in [1.807, 2.05) is 0 Å². The van der Waals surface area contributed by atoms with E-state index in [0.717, 1.165) is 4.47 Å². The second-order valence-electron chi connectivity index (χ2n) is 2.03. The van der Waals surface area contributed by atoms with Gasteiger partial charge in [0, 0.05) is 10.7 Å². The lowest BCUT2D eigenvalue weighted by Gasteiger charge is -1.99. The van der Waals surface area contributed by atoms with Crippen LogP contribution in [-0.4, -0.2) is 14.5 Å². The van der Waals surface area contributed by atoms with Crippen LogP contribution in [0, 0.1) is 0 Å². The molecule has 1 heterocycles. The Hall–Kier alpha value is 0.260. The molecule has 0 aliphatic rings. The molecule has 0 saturated heterocycles. The largest absolute Gasteiger partial charge is 0.290 e. The number of halogens is 3. The molecule has 1 aromatic rings. The second kappa shape index (κ2) is 4.48. The normalized spacial score (nSPS) is 10.3. The van der Waals surface area contributed by atoms with E-state index in [9.17, 15) is 4.79 Å². The Labute approximate surface area is 95.1 Å². The molecular weight excluding hydrogens is 354 g/mol. The van der Waals surface area contributed by atoms with Crippen molar-refractivity contribution in [2.75, 3.05) is 0 Å². The molecule has 0 aromatic carbocycles. The summed E-state index contributed by atoms with van der Waals surface area (Å²) >= 11 is 9.46. The van der Waals surface area contributed by atoms with Crippen LogP contribution in [0.3, 0.4) is 0 Å². The van der Waals surface area contributed by atoms with Crippen molar-refractivity contribution < 1.29 is 4.79 Å². The average molecular weight is 358 g/mol. The smallest absolute Gasteiger partial charge is 0.205 e. The fourth-order valence-corrected chi connectivity index (χ4v) is 1.34. The highest BCUT2D eigenvalue weighted by Crippen LogP contribution is 2.15. The molecule has 12 heavy (non-hydrogen) atoms. The van der Waals surface area contributed by atoms with Gasteiger partial charge in [-0.2, -0.15) is 0 Å². The predicted molar refractivity (Wildman–Crippen MR) is 57.9 cm³/mol. The summed E-state index contributed by atoms with van der Waals surface area (Å²) in [5, 5.41) is 0. The highest BCUT2D eigenvalue weighted by atomic mass is 79.9. The van der Waals surface area contributed by atoms with Crippen molar-refractivity contribution in [1.82, 2.24) is 4.98 Å². The molecule has 0 aliphatic carbocycles. The Morgan fingerprint density at radius 1 is 1.42 bits per heavy atom. The van der Waals surface area contributed by atoms with Gasteiger partial charge >= 0.3 is 0 Å².